The van der Waals surface area contributed by atoms with Gasteiger partial charge < -0.3 is 9.64 Å². The van der Waals surface area contributed by atoms with Gasteiger partial charge in [-0.1, -0.05) is 17.7 Å². The van der Waals surface area contributed by atoms with Gasteiger partial charge >= 0.3 is 6.09 Å². The van der Waals surface area contributed by atoms with E-state index in [1.54, 1.807) is 30.5 Å². The SMILES string of the molecule is Cc1ccc(S(=O)(=O)n2cc(I)c3c(N4CCN(C(=O)OC(C)(C)C)C5(CC5)C4)ncnc32)cc1. The van der Waals surface area contributed by atoms with Crippen LogP contribution in [0.3, 0.4) is 0 Å². The molecule has 2 aliphatic rings. The van der Waals surface area contributed by atoms with Crippen molar-refractivity contribution in [2.24, 2.45) is 0 Å². The number of aromatic nitrogens is 3. The van der Waals surface area contributed by atoms with Crippen LogP contribution in [0.2, 0.25) is 0 Å². The highest BCUT2D eigenvalue weighted by atomic mass is 127. The molecule has 186 valence electrons. The van der Waals surface area contributed by atoms with E-state index in [4.69, 9.17) is 4.74 Å². The molecule has 0 atom stereocenters. The van der Waals surface area contributed by atoms with Crippen LogP contribution in [-0.2, 0) is 14.8 Å². The van der Waals surface area contributed by atoms with Crippen molar-refractivity contribution in [2.75, 3.05) is 24.5 Å². The van der Waals surface area contributed by atoms with E-state index in [9.17, 15) is 13.2 Å². The van der Waals surface area contributed by atoms with Gasteiger partial charge in [-0.3, -0.25) is 4.90 Å². The molecule has 5 rings (SSSR count). The number of anilines is 1. The summed E-state index contributed by atoms with van der Waals surface area (Å²) < 4.78 is 34.5. The molecule has 1 saturated heterocycles. The monoisotopic (exact) mass is 609 g/mol. The Kier molecular flexibility index (Phi) is 5.78. The Morgan fingerprint density at radius 1 is 1.11 bits per heavy atom. The van der Waals surface area contributed by atoms with E-state index in [-0.39, 0.29) is 16.5 Å². The van der Waals surface area contributed by atoms with E-state index < -0.39 is 15.6 Å². The van der Waals surface area contributed by atoms with Gasteiger partial charge in [-0.25, -0.2) is 27.2 Å². The van der Waals surface area contributed by atoms with Gasteiger partial charge in [0.15, 0.2) is 5.65 Å². The number of nitrogens with zero attached hydrogens (tertiary/aromatic N) is 5. The zero-order valence-corrected chi connectivity index (χ0v) is 23.1. The van der Waals surface area contributed by atoms with Crippen LogP contribution in [0.4, 0.5) is 10.6 Å². The van der Waals surface area contributed by atoms with E-state index in [0.29, 0.717) is 36.5 Å². The Bertz CT molecular complexity index is 1410. The number of fused-ring (bicyclic) bond motifs is 1. The van der Waals surface area contributed by atoms with Crippen molar-refractivity contribution in [2.45, 2.75) is 56.6 Å². The van der Waals surface area contributed by atoms with Crippen molar-refractivity contribution in [3.05, 3.63) is 45.9 Å². The zero-order chi connectivity index (χ0) is 25.2. The van der Waals surface area contributed by atoms with Crippen LogP contribution in [0.15, 0.2) is 41.7 Å². The number of rotatable bonds is 3. The maximum Gasteiger partial charge on any atom is 0.410 e. The Hall–Kier alpha value is -2.41. The molecule has 0 unspecified atom stereocenters. The number of benzene rings is 1. The molecule has 1 aliphatic carbocycles. The number of hydrogen-bond donors (Lipinski definition) is 0. The molecule has 3 heterocycles. The number of piperazine rings is 1. The van der Waals surface area contributed by atoms with Crippen LogP contribution in [0.25, 0.3) is 11.0 Å². The lowest BCUT2D eigenvalue weighted by atomic mass is 10.1. The first kappa shape index (κ1) is 24.3. The van der Waals surface area contributed by atoms with Gasteiger partial charge in [-0.2, -0.15) is 0 Å². The Labute approximate surface area is 218 Å². The van der Waals surface area contributed by atoms with Gasteiger partial charge in [0.1, 0.15) is 17.7 Å². The Morgan fingerprint density at radius 2 is 1.80 bits per heavy atom. The lowest BCUT2D eigenvalue weighted by Crippen LogP contribution is -2.58. The van der Waals surface area contributed by atoms with Crippen LogP contribution in [0, 0.1) is 10.5 Å². The summed E-state index contributed by atoms with van der Waals surface area (Å²) in [4.78, 5) is 26.0. The molecule has 9 nitrogen and oxygen atoms in total. The molecule has 1 aromatic carbocycles. The molecule has 1 saturated carbocycles. The van der Waals surface area contributed by atoms with Crippen LogP contribution in [0.1, 0.15) is 39.2 Å². The molecular formula is C24H28IN5O4S. The molecule has 0 N–H and O–H groups in total. The molecule has 0 radical (unpaired) electrons. The summed E-state index contributed by atoms with van der Waals surface area (Å²) in [6, 6.07) is 6.78. The number of ether oxygens (including phenoxy) is 1. The maximum absolute atomic E-state index is 13.4. The molecule has 0 bridgehead atoms. The van der Waals surface area contributed by atoms with Crippen molar-refractivity contribution in [1.29, 1.82) is 0 Å². The van der Waals surface area contributed by atoms with E-state index in [1.165, 1.54) is 10.3 Å². The van der Waals surface area contributed by atoms with Gasteiger partial charge in [-0.15, -0.1) is 0 Å². The van der Waals surface area contributed by atoms with Crippen molar-refractivity contribution in [3.63, 3.8) is 0 Å². The van der Waals surface area contributed by atoms with Gasteiger partial charge in [0.25, 0.3) is 10.0 Å². The first-order valence-corrected chi connectivity index (χ1v) is 14.0. The minimum atomic E-state index is -3.82. The second kappa shape index (κ2) is 8.32. The fourth-order valence-electron chi connectivity index (χ4n) is 4.56. The largest absolute Gasteiger partial charge is 0.444 e. The lowest BCUT2D eigenvalue weighted by Gasteiger charge is -2.43. The van der Waals surface area contributed by atoms with Crippen LogP contribution in [-0.4, -0.2) is 64.1 Å². The molecule has 1 amide bonds. The standard InChI is InChI=1S/C24H28IN5O4S/c1-16-5-7-17(8-6-16)35(32,33)30-13-18(25)19-20(26-15-27-21(19)30)28-11-12-29(24(14-28)9-10-24)22(31)34-23(2,3)4/h5-8,13,15H,9-12,14H2,1-4H3. The highest BCUT2D eigenvalue weighted by Crippen LogP contribution is 2.46. The molecule has 1 aliphatic heterocycles. The lowest BCUT2D eigenvalue weighted by molar-refractivity contribution is 0.0106. The highest BCUT2D eigenvalue weighted by molar-refractivity contribution is 14.1. The molecule has 11 heteroatoms. The number of hydrogen-bond acceptors (Lipinski definition) is 7. The number of carbonyl (C=O) groups is 1. The van der Waals surface area contributed by atoms with E-state index >= 15 is 0 Å². The molecule has 3 aromatic rings. The second-order valence-electron chi connectivity index (χ2n) is 10.3. The van der Waals surface area contributed by atoms with E-state index in [0.717, 1.165) is 22.0 Å². The fraction of sp³-hybridized carbons (Fsp3) is 0.458. The summed E-state index contributed by atoms with van der Waals surface area (Å²) in [6.07, 6.45) is 4.53. The number of carbonyl (C=O) groups excluding carboxylic acids is 1. The summed E-state index contributed by atoms with van der Waals surface area (Å²) in [6.45, 7) is 9.22. The Morgan fingerprint density at radius 3 is 2.43 bits per heavy atom. The number of aryl methyl sites for hydroxylation is 1. The average molecular weight is 609 g/mol. The minimum Gasteiger partial charge on any atom is -0.444 e. The third-order valence-corrected chi connectivity index (χ3v) is 8.94. The van der Waals surface area contributed by atoms with Gasteiger partial charge in [0.05, 0.1) is 15.8 Å². The predicted octanol–water partition coefficient (Wildman–Crippen LogP) is 4.17. The van der Waals surface area contributed by atoms with Gasteiger partial charge in [0.2, 0.25) is 0 Å². The molecule has 2 fully saturated rings. The quantitative estimate of drug-likeness (QED) is 0.412. The predicted molar refractivity (Wildman–Crippen MR) is 141 cm³/mol. The van der Waals surface area contributed by atoms with Crippen molar-refractivity contribution < 1.29 is 17.9 Å². The minimum absolute atomic E-state index is 0.208. The normalized spacial score (nSPS) is 17.7. The highest BCUT2D eigenvalue weighted by Gasteiger charge is 2.54. The van der Waals surface area contributed by atoms with Crippen molar-refractivity contribution >= 4 is 55.6 Å². The van der Waals surface area contributed by atoms with Gasteiger partial charge in [-0.05, 0) is 75.3 Å². The topological polar surface area (TPSA) is 97.6 Å². The van der Waals surface area contributed by atoms with Crippen LogP contribution >= 0.6 is 22.6 Å². The number of halogens is 1. The summed E-state index contributed by atoms with van der Waals surface area (Å²) in [7, 11) is -3.82. The maximum atomic E-state index is 13.4. The molecule has 1 spiro atoms. The smallest absolute Gasteiger partial charge is 0.410 e. The molecular weight excluding hydrogens is 581 g/mol. The summed E-state index contributed by atoms with van der Waals surface area (Å²) in [5, 5.41) is 0.699. The second-order valence-corrected chi connectivity index (χ2v) is 13.2. The van der Waals surface area contributed by atoms with Crippen molar-refractivity contribution in [3.8, 4) is 0 Å². The zero-order valence-electron chi connectivity index (χ0n) is 20.2. The summed E-state index contributed by atoms with van der Waals surface area (Å²) >= 11 is 2.14. The fourth-order valence-corrected chi connectivity index (χ4v) is 6.82. The molecule has 2 aromatic heterocycles. The van der Waals surface area contributed by atoms with E-state index in [1.807, 2.05) is 32.6 Å². The number of amides is 1. The first-order valence-electron chi connectivity index (χ1n) is 11.5. The Balaban J connectivity index is 1.49. The summed E-state index contributed by atoms with van der Waals surface area (Å²) in [5.74, 6) is 0.687. The van der Waals surface area contributed by atoms with E-state index in [2.05, 4.69) is 37.5 Å². The van der Waals surface area contributed by atoms with Gasteiger partial charge in [0, 0.05) is 29.4 Å². The van der Waals surface area contributed by atoms with Crippen LogP contribution < -0.4 is 4.90 Å². The first-order chi connectivity index (χ1) is 16.4. The third-order valence-electron chi connectivity index (χ3n) is 6.46. The third kappa shape index (κ3) is 4.37. The average Bonchev–Trinajstić information content (AvgIpc) is 3.45. The van der Waals surface area contributed by atoms with Crippen molar-refractivity contribution in [1.82, 2.24) is 18.8 Å². The van der Waals surface area contributed by atoms with Crippen LogP contribution in [0.5, 0.6) is 0 Å². The summed E-state index contributed by atoms with van der Waals surface area (Å²) in [5.41, 5.74) is 0.504. The molecule has 35 heavy (non-hydrogen) atoms.